The molecule has 1 rings (SSSR count). The summed E-state index contributed by atoms with van der Waals surface area (Å²) in [6, 6.07) is 3.57. The van der Waals surface area contributed by atoms with Gasteiger partial charge in [-0.05, 0) is 18.9 Å². The lowest BCUT2D eigenvalue weighted by molar-refractivity contribution is -0.695. The summed E-state index contributed by atoms with van der Waals surface area (Å²) in [4.78, 5) is 36.4. The molecule has 1 aromatic heterocycles. The molecule has 0 saturated heterocycles. The van der Waals surface area contributed by atoms with Gasteiger partial charge in [-0.3, -0.25) is 9.13 Å². The van der Waals surface area contributed by atoms with Crippen molar-refractivity contribution >= 4 is 15.2 Å². The first-order chi connectivity index (χ1) is 9.14. The summed E-state index contributed by atoms with van der Waals surface area (Å²) in [5, 5.41) is -2.01. The Balaban J connectivity index is 2.95. The van der Waals surface area contributed by atoms with Gasteiger partial charge in [0.25, 0.3) is 0 Å². The van der Waals surface area contributed by atoms with Crippen LogP contribution in [0.25, 0.3) is 0 Å². The minimum Gasteiger partial charge on any atom is -0.324 e. The van der Waals surface area contributed by atoms with Crippen LogP contribution in [0.2, 0.25) is 0 Å². The van der Waals surface area contributed by atoms with Crippen LogP contribution in [0.4, 0.5) is 0 Å². The van der Waals surface area contributed by atoms with E-state index in [0.717, 1.165) is 24.8 Å². The van der Waals surface area contributed by atoms with Crippen molar-refractivity contribution in [2.45, 2.75) is 38.1 Å². The zero-order valence-electron chi connectivity index (χ0n) is 11.2. The van der Waals surface area contributed by atoms with Gasteiger partial charge in [-0.25, -0.2) is 4.57 Å². The topological polar surface area (TPSA) is 119 Å². The number of hydrogen-bond donors (Lipinski definition) is 4. The molecule has 0 fully saturated rings. The van der Waals surface area contributed by atoms with E-state index < -0.39 is 27.1 Å². The third-order valence-electron chi connectivity index (χ3n) is 2.89. The Bertz CT molecular complexity index is 515. The van der Waals surface area contributed by atoms with Crippen LogP contribution in [-0.2, 0) is 22.1 Å². The minimum atomic E-state index is -4.88. The van der Waals surface area contributed by atoms with Crippen LogP contribution in [0.1, 0.15) is 25.3 Å². The summed E-state index contributed by atoms with van der Waals surface area (Å²) in [5.41, 5.74) is 0.963. The monoisotopic (exact) mass is 324 g/mol. The molecule has 0 amide bonds. The molecule has 7 nitrogen and oxygen atoms in total. The van der Waals surface area contributed by atoms with Crippen molar-refractivity contribution in [3.63, 3.8) is 0 Å². The van der Waals surface area contributed by atoms with Gasteiger partial charge in [-0.1, -0.05) is 13.3 Å². The first-order valence-electron chi connectivity index (χ1n) is 6.23. The third-order valence-corrected chi connectivity index (χ3v) is 6.57. The van der Waals surface area contributed by atoms with Gasteiger partial charge in [0.05, 0.1) is 0 Å². The van der Waals surface area contributed by atoms with Crippen molar-refractivity contribution < 1.29 is 33.3 Å². The lowest BCUT2D eigenvalue weighted by Gasteiger charge is -2.16. The largest absolute Gasteiger partial charge is 0.347 e. The molecular formula is C11H20NO6P2+. The molecule has 114 valence electrons. The number of pyridine rings is 1. The van der Waals surface area contributed by atoms with Crippen molar-refractivity contribution in [2.24, 2.45) is 0 Å². The lowest BCUT2D eigenvalue weighted by Crippen LogP contribution is -2.39. The standard InChI is InChI=1S/C11H19NO6P2/c1-2-3-5-10-6-4-7-12(8-10)9-11(19(13,14)15)20(16,17)18/h4,6-8,11H,2-3,5,9H2,1H3,(H3-,13,14,15,16,17,18)/p+1. The van der Waals surface area contributed by atoms with Gasteiger partial charge in [-0.2, -0.15) is 0 Å². The SMILES string of the molecule is CCCCc1ccc[n+](CC(P(=O)(O)O)P(=O)(O)O)c1. The average Bonchev–Trinajstić information content (AvgIpc) is 2.31. The molecule has 1 heterocycles. The third kappa shape index (κ3) is 5.44. The quantitative estimate of drug-likeness (QED) is 0.439. The van der Waals surface area contributed by atoms with Crippen LogP contribution in [0.3, 0.4) is 0 Å². The van der Waals surface area contributed by atoms with Crippen LogP contribution < -0.4 is 4.57 Å². The zero-order chi connectivity index (χ0) is 15.4. The Kier molecular flexibility index (Phi) is 6.07. The average molecular weight is 324 g/mol. The molecule has 0 unspecified atom stereocenters. The molecule has 0 atom stereocenters. The minimum absolute atomic E-state index is 0.422. The smallest absolute Gasteiger partial charge is 0.324 e. The van der Waals surface area contributed by atoms with E-state index in [-0.39, 0.29) is 0 Å². The van der Waals surface area contributed by atoms with E-state index in [0.29, 0.717) is 0 Å². The molecule has 0 aromatic carbocycles. The van der Waals surface area contributed by atoms with Crippen LogP contribution in [0.15, 0.2) is 24.5 Å². The van der Waals surface area contributed by atoms with Gasteiger partial charge in [0.15, 0.2) is 18.9 Å². The molecular weight excluding hydrogens is 304 g/mol. The van der Waals surface area contributed by atoms with Gasteiger partial charge in [-0.15, -0.1) is 0 Å². The number of hydrogen-bond acceptors (Lipinski definition) is 2. The highest BCUT2D eigenvalue weighted by Crippen LogP contribution is 2.59. The summed E-state index contributed by atoms with van der Waals surface area (Å²) in [6.45, 7) is 1.63. The maximum Gasteiger partial charge on any atom is 0.347 e. The number of unbranched alkanes of at least 4 members (excludes halogenated alkanes) is 1. The van der Waals surface area contributed by atoms with Gasteiger partial charge < -0.3 is 19.6 Å². The van der Waals surface area contributed by atoms with Gasteiger partial charge in [0.2, 0.25) is 5.40 Å². The highest BCUT2D eigenvalue weighted by atomic mass is 31.2. The van der Waals surface area contributed by atoms with E-state index >= 15 is 0 Å². The summed E-state index contributed by atoms with van der Waals surface area (Å²) in [5.74, 6) is 0. The Morgan fingerprint density at radius 1 is 1.20 bits per heavy atom. The highest BCUT2D eigenvalue weighted by Gasteiger charge is 2.46. The van der Waals surface area contributed by atoms with E-state index in [1.54, 1.807) is 12.3 Å². The van der Waals surface area contributed by atoms with Crippen LogP contribution in [-0.4, -0.2) is 25.0 Å². The zero-order valence-corrected chi connectivity index (χ0v) is 13.0. The first kappa shape index (κ1) is 17.5. The maximum atomic E-state index is 11.2. The van der Waals surface area contributed by atoms with E-state index in [1.165, 1.54) is 10.8 Å². The molecule has 0 aliphatic heterocycles. The molecule has 1 aromatic rings. The second kappa shape index (κ2) is 6.94. The van der Waals surface area contributed by atoms with E-state index in [4.69, 9.17) is 19.6 Å². The molecule has 0 aliphatic carbocycles. The number of aromatic nitrogens is 1. The maximum absolute atomic E-state index is 11.2. The fourth-order valence-corrected chi connectivity index (χ4v) is 4.19. The summed E-state index contributed by atoms with van der Waals surface area (Å²) >= 11 is 0. The Labute approximate surface area is 117 Å². The van der Waals surface area contributed by atoms with Crippen molar-refractivity contribution in [1.82, 2.24) is 0 Å². The number of rotatable bonds is 7. The van der Waals surface area contributed by atoms with Crippen LogP contribution in [0.5, 0.6) is 0 Å². The first-order valence-corrected chi connectivity index (χ1v) is 9.59. The molecule has 0 aliphatic rings. The Morgan fingerprint density at radius 3 is 2.30 bits per heavy atom. The van der Waals surface area contributed by atoms with E-state index in [1.807, 2.05) is 6.07 Å². The molecule has 0 radical (unpaired) electrons. The molecule has 0 bridgehead atoms. The molecule has 0 spiro atoms. The van der Waals surface area contributed by atoms with Gasteiger partial charge in [0.1, 0.15) is 0 Å². The highest BCUT2D eigenvalue weighted by molar-refractivity contribution is 7.70. The van der Waals surface area contributed by atoms with Crippen LogP contribution in [0, 0.1) is 0 Å². The van der Waals surface area contributed by atoms with Crippen molar-refractivity contribution in [2.75, 3.05) is 0 Å². The predicted molar refractivity (Wildman–Crippen MR) is 73.1 cm³/mol. The number of nitrogens with zero attached hydrogens (tertiary/aromatic N) is 1. The molecule has 9 heteroatoms. The fourth-order valence-electron chi connectivity index (χ4n) is 1.82. The summed E-state index contributed by atoms with van der Waals surface area (Å²) in [7, 11) is -9.77. The van der Waals surface area contributed by atoms with Crippen molar-refractivity contribution in [3.8, 4) is 0 Å². The fraction of sp³-hybridized carbons (Fsp3) is 0.545. The van der Waals surface area contributed by atoms with E-state index in [9.17, 15) is 9.13 Å². The van der Waals surface area contributed by atoms with Crippen molar-refractivity contribution in [3.05, 3.63) is 30.1 Å². The predicted octanol–water partition coefficient (Wildman–Crippen LogP) is 0.998. The van der Waals surface area contributed by atoms with Gasteiger partial charge >= 0.3 is 15.2 Å². The van der Waals surface area contributed by atoms with Gasteiger partial charge in [0, 0.05) is 11.6 Å². The molecule has 0 saturated carbocycles. The van der Waals surface area contributed by atoms with Crippen molar-refractivity contribution in [1.29, 1.82) is 0 Å². The molecule has 4 N–H and O–H groups in total. The summed E-state index contributed by atoms with van der Waals surface area (Å²) < 4.78 is 23.9. The second-order valence-electron chi connectivity index (χ2n) is 4.67. The summed E-state index contributed by atoms with van der Waals surface area (Å²) in [6.07, 6.45) is 6.00. The normalized spacial score (nSPS) is 12.9. The Morgan fingerprint density at radius 2 is 1.80 bits per heavy atom. The second-order valence-corrected chi connectivity index (χ2v) is 8.68. The molecule has 20 heavy (non-hydrogen) atoms. The Hall–Kier alpha value is -0.550. The lowest BCUT2D eigenvalue weighted by atomic mass is 10.1. The van der Waals surface area contributed by atoms with E-state index in [2.05, 4.69) is 6.92 Å². The van der Waals surface area contributed by atoms with Crippen LogP contribution >= 0.6 is 15.2 Å². The number of aryl methyl sites for hydroxylation is 1.